The third-order valence-corrected chi connectivity index (χ3v) is 4.21. The minimum atomic E-state index is -0.561. The van der Waals surface area contributed by atoms with E-state index in [2.05, 4.69) is 15.9 Å². The number of ether oxygens (including phenoxy) is 1. The lowest BCUT2D eigenvalue weighted by Gasteiger charge is -2.17. The van der Waals surface area contributed by atoms with E-state index in [0.29, 0.717) is 23.1 Å². The van der Waals surface area contributed by atoms with Crippen LogP contribution in [0.2, 0.25) is 0 Å². The maximum absolute atomic E-state index is 13.7. The van der Waals surface area contributed by atoms with Crippen molar-refractivity contribution in [3.05, 3.63) is 62.4 Å². The molecule has 24 heavy (non-hydrogen) atoms. The van der Waals surface area contributed by atoms with Gasteiger partial charge in [-0.1, -0.05) is 15.9 Å². The average Bonchev–Trinajstić information content (AvgIpc) is 2.96. The fourth-order valence-corrected chi connectivity index (χ4v) is 2.90. The molecule has 0 spiro atoms. The molecule has 1 heterocycles. The molecule has 0 aromatic heterocycles. The van der Waals surface area contributed by atoms with Crippen molar-refractivity contribution < 1.29 is 18.8 Å². The molecule has 124 valence electrons. The Kier molecular flexibility index (Phi) is 4.48. The number of benzene rings is 2. The van der Waals surface area contributed by atoms with E-state index in [4.69, 9.17) is 4.74 Å². The highest BCUT2D eigenvalue weighted by Gasteiger charge is 2.26. The summed E-state index contributed by atoms with van der Waals surface area (Å²) in [5, 5.41) is 10.8. The summed E-state index contributed by atoms with van der Waals surface area (Å²) < 4.78 is 19.5. The van der Waals surface area contributed by atoms with E-state index < -0.39 is 10.7 Å². The largest absolute Gasteiger partial charge is 0.481 e. The molecule has 0 saturated heterocycles. The number of amides is 1. The lowest BCUT2D eigenvalue weighted by molar-refractivity contribution is -0.384. The van der Waals surface area contributed by atoms with Crippen molar-refractivity contribution in [1.82, 2.24) is 0 Å². The fraction of sp³-hybridized carbons (Fsp3) is 0.188. The normalized spacial score (nSPS) is 12.8. The summed E-state index contributed by atoms with van der Waals surface area (Å²) in [6.45, 7) is 0.108. The zero-order valence-electron chi connectivity index (χ0n) is 12.4. The van der Waals surface area contributed by atoms with Crippen molar-refractivity contribution >= 4 is 33.2 Å². The van der Waals surface area contributed by atoms with Gasteiger partial charge in [-0.3, -0.25) is 14.9 Å². The van der Waals surface area contributed by atoms with Crippen LogP contribution < -0.4 is 9.64 Å². The summed E-state index contributed by atoms with van der Waals surface area (Å²) >= 11 is 3.15. The molecule has 1 aliphatic rings. The number of non-ortho nitro benzene ring substituents is 1. The SMILES string of the molecule is O=C(COc1ccc(Br)cc1F)N1CCc2cc([N+](=O)[O-])ccc21. The fourth-order valence-electron chi connectivity index (χ4n) is 2.57. The minimum Gasteiger partial charge on any atom is -0.481 e. The van der Waals surface area contributed by atoms with Gasteiger partial charge in [0, 0.05) is 28.8 Å². The predicted octanol–water partition coefficient (Wildman–Crippen LogP) is 3.46. The first-order chi connectivity index (χ1) is 11.5. The number of hydrogen-bond acceptors (Lipinski definition) is 4. The van der Waals surface area contributed by atoms with E-state index in [0.717, 1.165) is 5.56 Å². The minimum absolute atomic E-state index is 0.00349. The Hall–Kier alpha value is -2.48. The topological polar surface area (TPSA) is 72.7 Å². The van der Waals surface area contributed by atoms with E-state index in [9.17, 15) is 19.3 Å². The third-order valence-electron chi connectivity index (χ3n) is 3.72. The van der Waals surface area contributed by atoms with Crippen LogP contribution in [0.1, 0.15) is 5.56 Å². The van der Waals surface area contributed by atoms with Gasteiger partial charge < -0.3 is 9.64 Å². The Morgan fingerprint density at radius 2 is 2.12 bits per heavy atom. The number of halogens is 2. The Morgan fingerprint density at radius 3 is 2.83 bits per heavy atom. The van der Waals surface area contributed by atoms with Gasteiger partial charge in [-0.05, 0) is 36.2 Å². The number of nitro benzene ring substituents is 1. The summed E-state index contributed by atoms with van der Waals surface area (Å²) in [5.41, 5.74) is 1.37. The molecule has 2 aromatic rings. The zero-order chi connectivity index (χ0) is 17.3. The highest BCUT2D eigenvalue weighted by molar-refractivity contribution is 9.10. The van der Waals surface area contributed by atoms with Crippen molar-refractivity contribution in [1.29, 1.82) is 0 Å². The van der Waals surface area contributed by atoms with Crippen LogP contribution in [0.4, 0.5) is 15.8 Å². The highest BCUT2D eigenvalue weighted by atomic mass is 79.9. The summed E-state index contributed by atoms with van der Waals surface area (Å²) in [6.07, 6.45) is 0.537. The molecule has 0 atom stereocenters. The van der Waals surface area contributed by atoms with Crippen LogP contribution in [0.15, 0.2) is 40.9 Å². The van der Waals surface area contributed by atoms with Crippen LogP contribution in [0.3, 0.4) is 0 Å². The van der Waals surface area contributed by atoms with E-state index in [1.54, 1.807) is 12.1 Å². The second kappa shape index (κ2) is 6.56. The maximum atomic E-state index is 13.7. The molecule has 0 radical (unpaired) electrons. The van der Waals surface area contributed by atoms with Crippen LogP contribution in [0.25, 0.3) is 0 Å². The van der Waals surface area contributed by atoms with Crippen molar-refractivity contribution in [2.45, 2.75) is 6.42 Å². The van der Waals surface area contributed by atoms with Gasteiger partial charge in [-0.25, -0.2) is 4.39 Å². The first-order valence-corrected chi connectivity index (χ1v) is 7.90. The summed E-state index contributed by atoms with van der Waals surface area (Å²) in [7, 11) is 0. The standard InChI is InChI=1S/C16H12BrFN2O4/c17-11-1-4-15(13(18)8-11)24-9-16(21)19-6-5-10-7-12(20(22)23)2-3-14(10)19/h1-4,7-8H,5-6,9H2. The van der Waals surface area contributed by atoms with Crippen molar-refractivity contribution in [3.8, 4) is 5.75 Å². The molecule has 0 fully saturated rings. The van der Waals surface area contributed by atoms with E-state index in [-0.39, 0.29) is 24.0 Å². The lowest BCUT2D eigenvalue weighted by atomic mass is 10.1. The smallest absolute Gasteiger partial charge is 0.269 e. The molecule has 0 unspecified atom stereocenters. The summed E-state index contributed by atoms with van der Waals surface area (Å²) in [5.74, 6) is -0.894. The Labute approximate surface area is 145 Å². The number of hydrogen-bond donors (Lipinski definition) is 0. The molecule has 0 bridgehead atoms. The predicted molar refractivity (Wildman–Crippen MR) is 88.7 cm³/mol. The average molecular weight is 395 g/mol. The number of carbonyl (C=O) groups is 1. The summed E-state index contributed by atoms with van der Waals surface area (Å²) in [4.78, 5) is 24.1. The van der Waals surface area contributed by atoms with Crippen LogP contribution >= 0.6 is 15.9 Å². The van der Waals surface area contributed by atoms with Gasteiger partial charge in [0.2, 0.25) is 0 Å². The Balaban J connectivity index is 1.70. The van der Waals surface area contributed by atoms with Gasteiger partial charge in [0.1, 0.15) is 0 Å². The first kappa shape index (κ1) is 16.4. The number of carbonyl (C=O) groups excluding carboxylic acids is 1. The number of nitrogens with zero attached hydrogens (tertiary/aromatic N) is 2. The second-order valence-electron chi connectivity index (χ2n) is 5.23. The maximum Gasteiger partial charge on any atom is 0.269 e. The van der Waals surface area contributed by atoms with E-state index >= 15 is 0 Å². The van der Waals surface area contributed by atoms with Gasteiger partial charge in [0.05, 0.1) is 4.92 Å². The number of rotatable bonds is 4. The van der Waals surface area contributed by atoms with E-state index in [1.807, 2.05) is 0 Å². The number of anilines is 1. The molecular weight excluding hydrogens is 383 g/mol. The van der Waals surface area contributed by atoms with Crippen LogP contribution in [0, 0.1) is 15.9 Å². The molecular formula is C16H12BrFN2O4. The van der Waals surface area contributed by atoms with Crippen LogP contribution in [0.5, 0.6) is 5.75 Å². The molecule has 0 aliphatic carbocycles. The van der Waals surface area contributed by atoms with Gasteiger partial charge >= 0.3 is 0 Å². The molecule has 0 N–H and O–H groups in total. The molecule has 3 rings (SSSR count). The number of fused-ring (bicyclic) bond motifs is 1. The van der Waals surface area contributed by atoms with Gasteiger partial charge in [0.15, 0.2) is 18.2 Å². The Morgan fingerprint density at radius 1 is 1.33 bits per heavy atom. The summed E-state index contributed by atoms with van der Waals surface area (Å²) in [6, 6.07) is 8.70. The van der Waals surface area contributed by atoms with Crippen LogP contribution in [-0.4, -0.2) is 24.0 Å². The zero-order valence-corrected chi connectivity index (χ0v) is 14.0. The monoisotopic (exact) mass is 394 g/mol. The third kappa shape index (κ3) is 3.23. The van der Waals surface area contributed by atoms with Crippen LogP contribution in [-0.2, 0) is 11.2 Å². The number of nitro groups is 1. The molecule has 1 amide bonds. The van der Waals surface area contributed by atoms with Crippen molar-refractivity contribution in [2.24, 2.45) is 0 Å². The Bertz CT molecular complexity index is 828. The van der Waals surface area contributed by atoms with Crippen molar-refractivity contribution in [2.75, 3.05) is 18.1 Å². The molecule has 1 aliphatic heterocycles. The molecule has 6 nitrogen and oxygen atoms in total. The van der Waals surface area contributed by atoms with Gasteiger partial charge in [-0.15, -0.1) is 0 Å². The molecule has 2 aromatic carbocycles. The first-order valence-electron chi connectivity index (χ1n) is 7.11. The highest BCUT2D eigenvalue weighted by Crippen LogP contribution is 2.31. The van der Waals surface area contributed by atoms with Crippen molar-refractivity contribution in [3.63, 3.8) is 0 Å². The van der Waals surface area contributed by atoms with E-state index in [1.165, 1.54) is 29.2 Å². The lowest BCUT2D eigenvalue weighted by Crippen LogP contribution is -2.33. The molecule has 0 saturated carbocycles. The quantitative estimate of drug-likeness (QED) is 0.587. The second-order valence-corrected chi connectivity index (χ2v) is 6.14. The van der Waals surface area contributed by atoms with Gasteiger partial charge in [0.25, 0.3) is 11.6 Å². The molecule has 8 heteroatoms. The van der Waals surface area contributed by atoms with Gasteiger partial charge in [-0.2, -0.15) is 0 Å².